The summed E-state index contributed by atoms with van der Waals surface area (Å²) in [5.74, 6) is 0.217. The van der Waals surface area contributed by atoms with Crippen LogP contribution in [0.15, 0.2) is 53.4 Å². The van der Waals surface area contributed by atoms with E-state index in [0.717, 1.165) is 22.1 Å². The van der Waals surface area contributed by atoms with Crippen LogP contribution in [-0.4, -0.2) is 38.1 Å². The Bertz CT molecular complexity index is 930. The highest BCUT2D eigenvalue weighted by Gasteiger charge is 2.29. The molecule has 3 rings (SSSR count). The van der Waals surface area contributed by atoms with Crippen molar-refractivity contribution in [3.63, 3.8) is 0 Å². The van der Waals surface area contributed by atoms with E-state index in [9.17, 15) is 13.2 Å². The predicted molar refractivity (Wildman–Crippen MR) is 116 cm³/mol. The van der Waals surface area contributed by atoms with Crippen LogP contribution in [0.4, 0.5) is 5.69 Å². The van der Waals surface area contributed by atoms with Gasteiger partial charge in [0.1, 0.15) is 0 Å². The monoisotopic (exact) mass is 498 g/mol. The van der Waals surface area contributed by atoms with Crippen molar-refractivity contribution in [1.29, 1.82) is 0 Å². The van der Waals surface area contributed by atoms with Crippen LogP contribution < -0.4 is 5.32 Å². The average Bonchev–Trinajstić information content (AvgIpc) is 2.66. The lowest BCUT2D eigenvalue weighted by Gasteiger charge is -2.30. The van der Waals surface area contributed by atoms with E-state index < -0.39 is 10.0 Å². The number of halogens is 1. The van der Waals surface area contributed by atoms with Gasteiger partial charge in [-0.25, -0.2) is 8.42 Å². The fraction of sp³-hybridized carbons (Fsp3) is 0.350. The van der Waals surface area contributed by atoms with Crippen molar-refractivity contribution in [1.82, 2.24) is 4.31 Å². The van der Waals surface area contributed by atoms with E-state index in [2.05, 4.69) is 34.8 Å². The van der Waals surface area contributed by atoms with Gasteiger partial charge in [0, 0.05) is 27.9 Å². The number of carbonyl (C=O) groups is 1. The number of hydrogen-bond acceptors (Lipinski definition) is 4. The number of anilines is 1. The van der Waals surface area contributed by atoms with Crippen molar-refractivity contribution in [2.24, 2.45) is 5.92 Å². The molecule has 1 aliphatic rings. The van der Waals surface area contributed by atoms with Gasteiger partial charge in [-0.05, 0) is 71.7 Å². The first-order valence-corrected chi connectivity index (χ1v) is 11.5. The van der Waals surface area contributed by atoms with Gasteiger partial charge in [-0.1, -0.05) is 25.1 Å². The third-order valence-electron chi connectivity index (χ3n) is 4.69. The Kier molecular flexibility index (Phi) is 6.54. The molecule has 0 amide bonds. The lowest BCUT2D eigenvalue weighted by atomic mass is 10.0. The first-order chi connectivity index (χ1) is 12.9. The molecule has 0 radical (unpaired) electrons. The molecule has 1 fully saturated rings. The summed E-state index contributed by atoms with van der Waals surface area (Å²) in [6.45, 7) is 3.26. The number of ketones is 1. The van der Waals surface area contributed by atoms with Crippen molar-refractivity contribution in [3.05, 3.63) is 57.7 Å². The van der Waals surface area contributed by atoms with Crippen molar-refractivity contribution in [3.8, 4) is 0 Å². The zero-order valence-corrected chi connectivity index (χ0v) is 18.2. The molecule has 1 heterocycles. The second-order valence-electron chi connectivity index (χ2n) is 6.93. The van der Waals surface area contributed by atoms with E-state index in [-0.39, 0.29) is 17.2 Å². The highest BCUT2D eigenvalue weighted by molar-refractivity contribution is 14.1. The Morgan fingerprint density at radius 3 is 2.74 bits per heavy atom. The van der Waals surface area contributed by atoms with E-state index in [1.165, 1.54) is 10.4 Å². The molecule has 5 nitrogen and oxygen atoms in total. The normalized spacial score (nSPS) is 18.2. The SMILES string of the molecule is CC1CCCN(S(=O)(=O)c2cccc(C(=O)CNc3cccc(I)c3)c2)C1. The summed E-state index contributed by atoms with van der Waals surface area (Å²) in [7, 11) is -3.56. The topological polar surface area (TPSA) is 66.5 Å². The minimum atomic E-state index is -3.56. The van der Waals surface area contributed by atoms with Crippen LogP contribution in [0.3, 0.4) is 0 Å². The Hall–Kier alpha value is -1.45. The molecule has 1 saturated heterocycles. The number of benzene rings is 2. The van der Waals surface area contributed by atoms with E-state index in [1.54, 1.807) is 18.2 Å². The summed E-state index contributed by atoms with van der Waals surface area (Å²) < 4.78 is 28.5. The van der Waals surface area contributed by atoms with Gasteiger partial charge in [-0.3, -0.25) is 4.79 Å². The second-order valence-corrected chi connectivity index (χ2v) is 10.1. The fourth-order valence-electron chi connectivity index (χ4n) is 3.23. The molecule has 1 aliphatic heterocycles. The van der Waals surface area contributed by atoms with Crippen LogP contribution in [0.1, 0.15) is 30.1 Å². The molecular formula is C20H23IN2O3S. The maximum absolute atomic E-state index is 12.9. The molecular weight excluding hydrogens is 475 g/mol. The number of Topliss-reactive ketones (excluding diaryl/α,β-unsaturated/α-hetero) is 1. The largest absolute Gasteiger partial charge is 0.378 e. The molecule has 1 unspecified atom stereocenters. The van der Waals surface area contributed by atoms with E-state index in [1.807, 2.05) is 24.3 Å². The minimum Gasteiger partial charge on any atom is -0.378 e. The molecule has 0 bridgehead atoms. The van der Waals surface area contributed by atoms with Crippen molar-refractivity contribution in [2.75, 3.05) is 25.0 Å². The highest BCUT2D eigenvalue weighted by atomic mass is 127. The number of sulfonamides is 1. The van der Waals surface area contributed by atoms with Gasteiger partial charge in [-0.2, -0.15) is 4.31 Å². The molecule has 2 aromatic carbocycles. The molecule has 0 saturated carbocycles. The summed E-state index contributed by atoms with van der Waals surface area (Å²) in [4.78, 5) is 12.7. The van der Waals surface area contributed by atoms with Crippen LogP contribution in [0.5, 0.6) is 0 Å². The number of carbonyl (C=O) groups excluding carboxylic acids is 1. The van der Waals surface area contributed by atoms with Crippen LogP contribution in [0, 0.1) is 9.49 Å². The summed E-state index contributed by atoms with van der Waals surface area (Å²) in [5.41, 5.74) is 1.26. The lowest BCUT2D eigenvalue weighted by molar-refractivity contribution is 0.101. The fourth-order valence-corrected chi connectivity index (χ4v) is 5.41. The quantitative estimate of drug-likeness (QED) is 0.483. The number of nitrogens with one attached hydrogen (secondary N) is 1. The van der Waals surface area contributed by atoms with Crippen LogP contribution in [-0.2, 0) is 10.0 Å². The van der Waals surface area contributed by atoms with Crippen LogP contribution in [0.25, 0.3) is 0 Å². The Morgan fingerprint density at radius 2 is 2.00 bits per heavy atom. The molecule has 7 heteroatoms. The van der Waals surface area contributed by atoms with E-state index in [4.69, 9.17) is 0 Å². The van der Waals surface area contributed by atoms with Crippen LogP contribution >= 0.6 is 22.6 Å². The third kappa shape index (κ3) is 5.08. The van der Waals surface area contributed by atoms with Gasteiger partial charge < -0.3 is 5.32 Å². The molecule has 1 N–H and O–H groups in total. The van der Waals surface area contributed by atoms with Crippen molar-refractivity contribution >= 4 is 44.1 Å². The van der Waals surface area contributed by atoms with Gasteiger partial charge in [-0.15, -0.1) is 0 Å². The standard InChI is InChI=1S/C20H23IN2O3S/c1-15-5-4-10-23(14-15)27(25,26)19-9-2-6-16(11-19)20(24)13-22-18-8-3-7-17(21)12-18/h2-3,6-9,11-12,15,22H,4-5,10,13-14H2,1H3. The van der Waals surface area contributed by atoms with Gasteiger partial charge in [0.2, 0.25) is 10.0 Å². The van der Waals surface area contributed by atoms with Gasteiger partial charge >= 0.3 is 0 Å². The zero-order valence-electron chi connectivity index (χ0n) is 15.2. The summed E-state index contributed by atoms with van der Waals surface area (Å²) in [6, 6.07) is 14.1. The van der Waals surface area contributed by atoms with Crippen molar-refractivity contribution in [2.45, 2.75) is 24.7 Å². The first-order valence-electron chi connectivity index (χ1n) is 8.99. The number of rotatable bonds is 6. The maximum Gasteiger partial charge on any atom is 0.243 e. The molecule has 0 aliphatic carbocycles. The van der Waals surface area contributed by atoms with Gasteiger partial charge in [0.15, 0.2) is 5.78 Å². The van der Waals surface area contributed by atoms with Crippen LogP contribution in [0.2, 0.25) is 0 Å². The Morgan fingerprint density at radius 1 is 1.22 bits per heavy atom. The smallest absolute Gasteiger partial charge is 0.243 e. The number of nitrogens with zero attached hydrogens (tertiary/aromatic N) is 1. The summed E-state index contributed by atoms with van der Waals surface area (Å²) >= 11 is 2.21. The molecule has 0 aromatic heterocycles. The number of hydrogen-bond donors (Lipinski definition) is 1. The average molecular weight is 498 g/mol. The Labute approximate surface area is 174 Å². The van der Waals surface area contributed by atoms with Gasteiger partial charge in [0.05, 0.1) is 11.4 Å². The maximum atomic E-state index is 12.9. The Balaban J connectivity index is 1.73. The molecule has 144 valence electrons. The minimum absolute atomic E-state index is 0.115. The molecule has 2 aromatic rings. The lowest BCUT2D eigenvalue weighted by Crippen LogP contribution is -2.39. The van der Waals surface area contributed by atoms with E-state index >= 15 is 0 Å². The summed E-state index contributed by atoms with van der Waals surface area (Å²) in [5, 5.41) is 3.10. The second kappa shape index (κ2) is 8.70. The molecule has 1 atom stereocenters. The first kappa shape index (κ1) is 20.3. The summed E-state index contributed by atoms with van der Waals surface area (Å²) in [6.07, 6.45) is 1.92. The third-order valence-corrected chi connectivity index (χ3v) is 7.22. The number of piperidine rings is 1. The predicted octanol–water partition coefficient (Wildman–Crippen LogP) is 4.01. The highest BCUT2D eigenvalue weighted by Crippen LogP contribution is 2.24. The molecule has 0 spiro atoms. The van der Waals surface area contributed by atoms with Crippen molar-refractivity contribution < 1.29 is 13.2 Å². The zero-order chi connectivity index (χ0) is 19.4. The van der Waals surface area contributed by atoms with E-state index in [0.29, 0.717) is 24.6 Å². The molecule has 27 heavy (non-hydrogen) atoms. The van der Waals surface area contributed by atoms with Gasteiger partial charge in [0.25, 0.3) is 0 Å².